The van der Waals surface area contributed by atoms with Gasteiger partial charge in [0.25, 0.3) is 0 Å². The molecule has 0 aliphatic heterocycles. The lowest BCUT2D eigenvalue weighted by Crippen LogP contribution is -2.29. The van der Waals surface area contributed by atoms with Gasteiger partial charge < -0.3 is 14.9 Å². The number of hydrogen-bond donors (Lipinski definition) is 1. The highest BCUT2D eigenvalue weighted by molar-refractivity contribution is 9.10. The second kappa shape index (κ2) is 6.92. The molecular weight excluding hydrogens is 320 g/mol. The molecule has 0 fully saturated rings. The second-order valence-electron chi connectivity index (χ2n) is 4.66. The lowest BCUT2D eigenvalue weighted by Gasteiger charge is -2.25. The van der Waals surface area contributed by atoms with Crippen LogP contribution in [-0.2, 0) is 6.54 Å². The van der Waals surface area contributed by atoms with Crippen molar-refractivity contribution in [2.75, 3.05) is 20.7 Å². The average Bonchev–Trinajstić information content (AvgIpc) is 2.86. The van der Waals surface area contributed by atoms with Gasteiger partial charge in [-0.05, 0) is 52.8 Å². The molecule has 0 amide bonds. The number of nitrogens with two attached hydrogens (primary N) is 1. The molecule has 0 saturated carbocycles. The molecule has 0 aliphatic carbocycles. The molecule has 1 aromatic carbocycles. The van der Waals surface area contributed by atoms with E-state index in [1.807, 2.05) is 37.4 Å². The molecule has 2 rings (SSSR count). The summed E-state index contributed by atoms with van der Waals surface area (Å²) in [6.07, 6.45) is 0. The first-order chi connectivity index (χ1) is 9.63. The summed E-state index contributed by atoms with van der Waals surface area (Å²) in [6, 6.07) is 11.9. The van der Waals surface area contributed by atoms with Crippen LogP contribution in [0.25, 0.3) is 0 Å². The number of methoxy groups -OCH3 is 1. The minimum Gasteiger partial charge on any atom is -0.497 e. The van der Waals surface area contributed by atoms with Crippen molar-refractivity contribution in [3.05, 3.63) is 52.4 Å². The van der Waals surface area contributed by atoms with Gasteiger partial charge in [0, 0.05) is 13.1 Å². The molecule has 0 spiro atoms. The number of nitrogens with zero attached hydrogens (tertiary/aromatic N) is 1. The van der Waals surface area contributed by atoms with Crippen molar-refractivity contribution >= 4 is 15.9 Å². The Bertz CT molecular complexity index is 556. The third-order valence-corrected chi connectivity index (χ3v) is 3.67. The highest BCUT2D eigenvalue weighted by atomic mass is 79.9. The molecular formula is C15H19BrN2O2. The topological polar surface area (TPSA) is 51.6 Å². The Morgan fingerprint density at radius 3 is 2.75 bits per heavy atom. The van der Waals surface area contributed by atoms with Gasteiger partial charge in [0.1, 0.15) is 11.5 Å². The summed E-state index contributed by atoms with van der Waals surface area (Å²) in [6.45, 7) is 1.28. The Balaban J connectivity index is 2.10. The fourth-order valence-electron chi connectivity index (χ4n) is 2.19. The van der Waals surface area contributed by atoms with E-state index in [0.717, 1.165) is 22.7 Å². The normalized spacial score (nSPS) is 12.7. The van der Waals surface area contributed by atoms with Crippen LogP contribution in [-0.4, -0.2) is 25.6 Å². The first kappa shape index (κ1) is 15.1. The number of halogens is 1. The first-order valence-corrected chi connectivity index (χ1v) is 7.22. The zero-order valence-corrected chi connectivity index (χ0v) is 13.3. The minimum absolute atomic E-state index is 0.0486. The van der Waals surface area contributed by atoms with E-state index in [1.54, 1.807) is 7.11 Å². The largest absolute Gasteiger partial charge is 0.497 e. The summed E-state index contributed by atoms with van der Waals surface area (Å²) in [7, 11) is 3.71. The summed E-state index contributed by atoms with van der Waals surface area (Å²) in [4.78, 5) is 2.17. The fraction of sp³-hybridized carbons (Fsp3) is 0.333. The Kier molecular flexibility index (Phi) is 5.23. The van der Waals surface area contributed by atoms with Crippen LogP contribution in [0.5, 0.6) is 5.75 Å². The maximum absolute atomic E-state index is 5.88. The lowest BCUT2D eigenvalue weighted by atomic mass is 10.1. The molecule has 1 atom stereocenters. The second-order valence-corrected chi connectivity index (χ2v) is 5.44. The Labute approximate surface area is 127 Å². The van der Waals surface area contributed by atoms with Crippen molar-refractivity contribution in [1.82, 2.24) is 4.90 Å². The van der Waals surface area contributed by atoms with E-state index in [9.17, 15) is 0 Å². The highest BCUT2D eigenvalue weighted by Crippen LogP contribution is 2.25. The molecule has 5 heteroatoms. The molecule has 1 unspecified atom stereocenters. The number of rotatable bonds is 6. The molecule has 1 heterocycles. The van der Waals surface area contributed by atoms with Crippen LogP contribution in [0, 0.1) is 0 Å². The van der Waals surface area contributed by atoms with Crippen LogP contribution in [0.3, 0.4) is 0 Å². The van der Waals surface area contributed by atoms with E-state index in [1.165, 1.54) is 5.56 Å². The number of ether oxygens (including phenoxy) is 1. The summed E-state index contributed by atoms with van der Waals surface area (Å²) in [5.74, 6) is 1.73. The summed E-state index contributed by atoms with van der Waals surface area (Å²) < 4.78 is 11.6. The molecule has 0 radical (unpaired) electrons. The number of hydrogen-bond acceptors (Lipinski definition) is 4. The van der Waals surface area contributed by atoms with E-state index in [2.05, 4.69) is 26.9 Å². The Morgan fingerprint density at radius 2 is 2.15 bits per heavy atom. The molecule has 0 aliphatic rings. The zero-order chi connectivity index (χ0) is 14.5. The molecule has 0 bridgehead atoms. The SMILES string of the molecule is COc1cccc(CN(C)C(CN)c2ccc(Br)o2)c1. The minimum atomic E-state index is 0.0486. The van der Waals surface area contributed by atoms with E-state index >= 15 is 0 Å². The number of benzene rings is 1. The van der Waals surface area contributed by atoms with E-state index in [4.69, 9.17) is 14.9 Å². The van der Waals surface area contributed by atoms with Crippen molar-refractivity contribution in [3.63, 3.8) is 0 Å². The van der Waals surface area contributed by atoms with Gasteiger partial charge >= 0.3 is 0 Å². The fourth-order valence-corrected chi connectivity index (χ4v) is 2.51. The van der Waals surface area contributed by atoms with E-state index < -0.39 is 0 Å². The van der Waals surface area contributed by atoms with E-state index in [0.29, 0.717) is 6.54 Å². The first-order valence-electron chi connectivity index (χ1n) is 6.42. The smallest absolute Gasteiger partial charge is 0.169 e. The van der Waals surface area contributed by atoms with Gasteiger partial charge in [-0.1, -0.05) is 12.1 Å². The van der Waals surface area contributed by atoms with Crippen LogP contribution in [0.2, 0.25) is 0 Å². The van der Waals surface area contributed by atoms with Crippen molar-refractivity contribution in [2.24, 2.45) is 5.73 Å². The molecule has 108 valence electrons. The summed E-state index contributed by atoms with van der Waals surface area (Å²) in [5, 5.41) is 0. The van der Waals surface area contributed by atoms with Crippen molar-refractivity contribution in [3.8, 4) is 5.75 Å². The Morgan fingerprint density at radius 1 is 1.35 bits per heavy atom. The van der Waals surface area contributed by atoms with Crippen LogP contribution in [0.15, 0.2) is 45.5 Å². The lowest BCUT2D eigenvalue weighted by molar-refractivity contribution is 0.211. The van der Waals surface area contributed by atoms with Crippen molar-refractivity contribution in [2.45, 2.75) is 12.6 Å². The van der Waals surface area contributed by atoms with Crippen LogP contribution in [0.4, 0.5) is 0 Å². The standard InChI is InChI=1S/C15H19BrN2O2/c1-18(10-11-4-3-5-12(8-11)19-2)13(9-17)14-6-7-15(16)20-14/h3-8,13H,9-10,17H2,1-2H3. The van der Waals surface area contributed by atoms with Gasteiger partial charge in [0.05, 0.1) is 13.2 Å². The molecule has 0 saturated heterocycles. The van der Waals surface area contributed by atoms with Gasteiger partial charge in [-0.15, -0.1) is 0 Å². The van der Waals surface area contributed by atoms with Crippen LogP contribution < -0.4 is 10.5 Å². The van der Waals surface area contributed by atoms with Gasteiger partial charge in [-0.25, -0.2) is 0 Å². The van der Waals surface area contributed by atoms with Gasteiger partial charge in [0.2, 0.25) is 0 Å². The summed E-state index contributed by atoms with van der Waals surface area (Å²) >= 11 is 3.32. The maximum atomic E-state index is 5.88. The zero-order valence-electron chi connectivity index (χ0n) is 11.7. The predicted octanol–water partition coefficient (Wildman–Crippen LogP) is 3.18. The van der Waals surface area contributed by atoms with Crippen LogP contribution in [0.1, 0.15) is 17.4 Å². The third kappa shape index (κ3) is 3.62. The molecule has 4 nitrogen and oxygen atoms in total. The van der Waals surface area contributed by atoms with Crippen molar-refractivity contribution < 1.29 is 9.15 Å². The molecule has 2 N–H and O–H groups in total. The monoisotopic (exact) mass is 338 g/mol. The highest BCUT2D eigenvalue weighted by Gasteiger charge is 2.19. The van der Waals surface area contributed by atoms with E-state index in [-0.39, 0.29) is 6.04 Å². The number of likely N-dealkylation sites (N-methyl/N-ethyl adjacent to an activating group) is 1. The predicted molar refractivity (Wildman–Crippen MR) is 82.7 cm³/mol. The van der Waals surface area contributed by atoms with Gasteiger partial charge in [0.15, 0.2) is 4.67 Å². The van der Waals surface area contributed by atoms with Gasteiger partial charge in [-0.3, -0.25) is 4.90 Å². The molecule has 1 aromatic heterocycles. The number of furan rings is 1. The average molecular weight is 339 g/mol. The molecule has 20 heavy (non-hydrogen) atoms. The van der Waals surface area contributed by atoms with Crippen LogP contribution >= 0.6 is 15.9 Å². The van der Waals surface area contributed by atoms with Gasteiger partial charge in [-0.2, -0.15) is 0 Å². The quantitative estimate of drug-likeness (QED) is 0.878. The molecule has 2 aromatic rings. The maximum Gasteiger partial charge on any atom is 0.169 e. The Hall–Kier alpha value is -1.30. The third-order valence-electron chi connectivity index (χ3n) is 3.24. The summed E-state index contributed by atoms with van der Waals surface area (Å²) in [5.41, 5.74) is 7.06. The van der Waals surface area contributed by atoms with Crippen molar-refractivity contribution in [1.29, 1.82) is 0 Å².